The Kier molecular flexibility index (Phi) is 6.52. The second-order valence-electron chi connectivity index (χ2n) is 4.87. The minimum absolute atomic E-state index is 0. The molecular formula is C15H20Cl2N2O2. The predicted molar refractivity (Wildman–Crippen MR) is 88.7 cm³/mol. The first-order valence-electron chi connectivity index (χ1n) is 6.73. The van der Waals surface area contributed by atoms with Gasteiger partial charge in [-0.3, -0.25) is 4.79 Å². The number of carbonyl (C=O) groups is 1. The maximum Gasteiger partial charge on any atom is 0.287 e. The van der Waals surface area contributed by atoms with E-state index in [1.54, 1.807) is 12.1 Å². The van der Waals surface area contributed by atoms with Gasteiger partial charge in [-0.05, 0) is 38.6 Å². The third-order valence-corrected chi connectivity index (χ3v) is 3.46. The quantitative estimate of drug-likeness (QED) is 0.881. The van der Waals surface area contributed by atoms with Gasteiger partial charge in [-0.15, -0.1) is 12.4 Å². The fourth-order valence-corrected chi connectivity index (χ4v) is 2.33. The van der Waals surface area contributed by atoms with E-state index in [9.17, 15) is 4.79 Å². The summed E-state index contributed by atoms with van der Waals surface area (Å²) in [5.41, 5.74) is 1.49. The number of furan rings is 1. The van der Waals surface area contributed by atoms with Crippen molar-refractivity contribution in [2.24, 2.45) is 0 Å². The van der Waals surface area contributed by atoms with Crippen molar-refractivity contribution in [1.29, 1.82) is 0 Å². The lowest BCUT2D eigenvalue weighted by Crippen LogP contribution is -2.38. The zero-order valence-corrected chi connectivity index (χ0v) is 13.9. The van der Waals surface area contributed by atoms with Crippen molar-refractivity contribution < 1.29 is 9.21 Å². The van der Waals surface area contributed by atoms with Gasteiger partial charge in [-0.25, -0.2) is 0 Å². The van der Waals surface area contributed by atoms with E-state index in [-0.39, 0.29) is 24.4 Å². The van der Waals surface area contributed by atoms with Crippen molar-refractivity contribution >= 4 is 40.9 Å². The molecule has 0 saturated heterocycles. The number of aryl methyl sites for hydroxylation is 1. The first-order chi connectivity index (χ1) is 9.52. The standard InChI is InChI=1S/C15H19ClN2O2.ClH/c1-4-17-9(2)8-18-15(19)14-10(3)12-7-11(16)5-6-13(12)20-14;/h5-7,9,17H,4,8H2,1-3H3,(H,18,19);1H/t9-;/m1./s1. The molecule has 2 N–H and O–H groups in total. The molecule has 1 aromatic heterocycles. The zero-order chi connectivity index (χ0) is 14.7. The molecule has 21 heavy (non-hydrogen) atoms. The highest BCUT2D eigenvalue weighted by molar-refractivity contribution is 6.31. The molecule has 0 bridgehead atoms. The average molecular weight is 331 g/mol. The summed E-state index contributed by atoms with van der Waals surface area (Å²) < 4.78 is 5.62. The van der Waals surface area contributed by atoms with E-state index >= 15 is 0 Å². The summed E-state index contributed by atoms with van der Waals surface area (Å²) in [6.07, 6.45) is 0. The van der Waals surface area contributed by atoms with Gasteiger partial charge in [-0.2, -0.15) is 0 Å². The molecule has 2 aromatic rings. The van der Waals surface area contributed by atoms with Crippen LogP contribution in [-0.4, -0.2) is 25.0 Å². The minimum Gasteiger partial charge on any atom is -0.451 e. The van der Waals surface area contributed by atoms with Crippen molar-refractivity contribution in [3.63, 3.8) is 0 Å². The highest BCUT2D eigenvalue weighted by Crippen LogP contribution is 2.27. The third kappa shape index (κ3) is 4.13. The third-order valence-electron chi connectivity index (χ3n) is 3.23. The molecule has 0 fully saturated rings. The first kappa shape index (κ1) is 17.8. The Morgan fingerprint density at radius 2 is 2.14 bits per heavy atom. The Labute approximate surface area is 135 Å². The highest BCUT2D eigenvalue weighted by Gasteiger charge is 2.18. The molecule has 0 aliphatic rings. The fourth-order valence-electron chi connectivity index (χ4n) is 2.16. The van der Waals surface area contributed by atoms with Crippen molar-refractivity contribution in [3.05, 3.63) is 34.5 Å². The number of hydrogen-bond donors (Lipinski definition) is 2. The van der Waals surface area contributed by atoms with Gasteiger partial charge in [0.15, 0.2) is 5.76 Å². The average Bonchev–Trinajstić information content (AvgIpc) is 2.74. The maximum absolute atomic E-state index is 12.2. The molecule has 2 rings (SSSR count). The van der Waals surface area contributed by atoms with Gasteiger partial charge in [0.2, 0.25) is 0 Å². The molecule has 0 saturated carbocycles. The topological polar surface area (TPSA) is 54.3 Å². The summed E-state index contributed by atoms with van der Waals surface area (Å²) >= 11 is 5.97. The van der Waals surface area contributed by atoms with Crippen molar-refractivity contribution in [2.75, 3.05) is 13.1 Å². The molecule has 0 radical (unpaired) electrons. The van der Waals surface area contributed by atoms with E-state index in [1.165, 1.54) is 0 Å². The summed E-state index contributed by atoms with van der Waals surface area (Å²) in [4.78, 5) is 12.2. The van der Waals surface area contributed by atoms with E-state index in [2.05, 4.69) is 10.6 Å². The van der Waals surface area contributed by atoms with Gasteiger partial charge >= 0.3 is 0 Å². The molecule has 1 heterocycles. The largest absolute Gasteiger partial charge is 0.451 e. The van der Waals surface area contributed by atoms with Crippen LogP contribution in [0.2, 0.25) is 5.02 Å². The normalized spacial score (nSPS) is 12.0. The predicted octanol–water partition coefficient (Wildman–Crippen LogP) is 3.54. The molecule has 4 nitrogen and oxygen atoms in total. The van der Waals surface area contributed by atoms with E-state index in [1.807, 2.05) is 26.8 Å². The summed E-state index contributed by atoms with van der Waals surface area (Å²) in [6.45, 7) is 7.36. The number of nitrogens with one attached hydrogen (secondary N) is 2. The van der Waals surface area contributed by atoms with Crippen molar-refractivity contribution in [2.45, 2.75) is 26.8 Å². The molecule has 0 unspecified atom stereocenters. The number of rotatable bonds is 5. The zero-order valence-electron chi connectivity index (χ0n) is 12.3. The summed E-state index contributed by atoms with van der Waals surface area (Å²) in [5, 5.41) is 7.62. The van der Waals surface area contributed by atoms with Crippen LogP contribution in [0.4, 0.5) is 0 Å². The van der Waals surface area contributed by atoms with Crippen LogP contribution in [0.5, 0.6) is 0 Å². The minimum atomic E-state index is -0.195. The van der Waals surface area contributed by atoms with Crippen LogP contribution < -0.4 is 10.6 Å². The lowest BCUT2D eigenvalue weighted by atomic mass is 10.1. The summed E-state index contributed by atoms with van der Waals surface area (Å²) in [6, 6.07) is 5.57. The Morgan fingerprint density at radius 3 is 2.81 bits per heavy atom. The fraction of sp³-hybridized carbons (Fsp3) is 0.400. The van der Waals surface area contributed by atoms with E-state index in [4.69, 9.17) is 16.0 Å². The van der Waals surface area contributed by atoms with Crippen LogP contribution in [0.3, 0.4) is 0 Å². The second-order valence-corrected chi connectivity index (χ2v) is 5.30. The number of likely N-dealkylation sites (N-methyl/N-ethyl adjacent to an activating group) is 1. The Hall–Kier alpha value is -1.23. The lowest BCUT2D eigenvalue weighted by Gasteiger charge is -2.12. The van der Waals surface area contributed by atoms with Crippen LogP contribution in [0, 0.1) is 6.92 Å². The molecule has 1 amide bonds. The molecule has 1 atom stereocenters. The van der Waals surface area contributed by atoms with Gasteiger partial charge in [0.25, 0.3) is 5.91 Å². The Bertz CT molecular complexity index is 625. The van der Waals surface area contributed by atoms with Gasteiger partial charge in [0.05, 0.1) is 0 Å². The van der Waals surface area contributed by atoms with E-state index < -0.39 is 0 Å². The van der Waals surface area contributed by atoms with Gasteiger partial charge < -0.3 is 15.1 Å². The number of benzene rings is 1. The number of amides is 1. The molecule has 0 spiro atoms. The monoisotopic (exact) mass is 330 g/mol. The molecule has 6 heteroatoms. The van der Waals surface area contributed by atoms with Gasteiger partial charge in [0.1, 0.15) is 5.58 Å². The Balaban J connectivity index is 0.00000220. The summed E-state index contributed by atoms with van der Waals surface area (Å²) in [7, 11) is 0. The van der Waals surface area contributed by atoms with Crippen LogP contribution in [0.25, 0.3) is 11.0 Å². The van der Waals surface area contributed by atoms with Gasteiger partial charge in [-0.1, -0.05) is 18.5 Å². The number of fused-ring (bicyclic) bond motifs is 1. The first-order valence-corrected chi connectivity index (χ1v) is 7.11. The molecule has 116 valence electrons. The SMILES string of the molecule is CCN[C@H](C)CNC(=O)c1oc2ccc(Cl)cc2c1C.Cl. The molecule has 1 aromatic carbocycles. The number of carbonyl (C=O) groups excluding carboxylic acids is 1. The Morgan fingerprint density at radius 1 is 1.43 bits per heavy atom. The molecule has 0 aliphatic carbocycles. The van der Waals surface area contributed by atoms with Crippen LogP contribution in [0.15, 0.2) is 22.6 Å². The number of hydrogen-bond acceptors (Lipinski definition) is 3. The molecular weight excluding hydrogens is 311 g/mol. The molecule has 0 aliphatic heterocycles. The van der Waals surface area contributed by atoms with E-state index in [0.29, 0.717) is 22.9 Å². The summed E-state index contributed by atoms with van der Waals surface area (Å²) in [5.74, 6) is 0.158. The van der Waals surface area contributed by atoms with Crippen molar-refractivity contribution in [1.82, 2.24) is 10.6 Å². The van der Waals surface area contributed by atoms with Gasteiger partial charge in [0, 0.05) is 28.6 Å². The van der Waals surface area contributed by atoms with Crippen LogP contribution in [-0.2, 0) is 0 Å². The smallest absolute Gasteiger partial charge is 0.287 e. The second kappa shape index (κ2) is 7.69. The van der Waals surface area contributed by atoms with Crippen LogP contribution >= 0.6 is 24.0 Å². The van der Waals surface area contributed by atoms with Crippen molar-refractivity contribution in [3.8, 4) is 0 Å². The number of halogens is 2. The highest BCUT2D eigenvalue weighted by atomic mass is 35.5. The maximum atomic E-state index is 12.2. The van der Waals surface area contributed by atoms with E-state index in [0.717, 1.165) is 17.5 Å². The van der Waals surface area contributed by atoms with Crippen LogP contribution in [0.1, 0.15) is 30.0 Å². The lowest BCUT2D eigenvalue weighted by molar-refractivity contribution is 0.0924.